The van der Waals surface area contributed by atoms with Crippen LogP contribution < -0.4 is 0 Å². The van der Waals surface area contributed by atoms with Crippen LogP contribution in [0.1, 0.15) is 36.7 Å². The lowest BCUT2D eigenvalue weighted by Crippen LogP contribution is -2.41. The van der Waals surface area contributed by atoms with Crippen LogP contribution in [0.3, 0.4) is 0 Å². The minimum Gasteiger partial charge on any atom is -0.341 e. The Morgan fingerprint density at radius 2 is 2.27 bits per heavy atom. The molecule has 1 amide bonds. The second kappa shape index (κ2) is 6.34. The van der Waals surface area contributed by atoms with E-state index in [0.29, 0.717) is 19.0 Å². The molecule has 118 valence electrons. The minimum absolute atomic E-state index is 0.218. The number of piperidine rings is 1. The molecule has 0 spiro atoms. The van der Waals surface area contributed by atoms with Crippen molar-refractivity contribution in [3.8, 4) is 0 Å². The van der Waals surface area contributed by atoms with E-state index >= 15 is 0 Å². The Balaban J connectivity index is 1.57. The topological polar surface area (TPSA) is 56.0 Å². The van der Waals surface area contributed by atoms with Gasteiger partial charge < -0.3 is 9.47 Å². The number of nitrogens with zero attached hydrogens (tertiary/aromatic N) is 5. The van der Waals surface area contributed by atoms with Crippen molar-refractivity contribution in [2.45, 2.75) is 45.7 Å². The molecule has 0 bridgehead atoms. The Morgan fingerprint density at radius 3 is 2.95 bits per heavy atom. The molecule has 1 aliphatic rings. The maximum atomic E-state index is 12.4. The van der Waals surface area contributed by atoms with E-state index in [9.17, 15) is 4.79 Å². The third-order valence-electron chi connectivity index (χ3n) is 4.32. The average Bonchev–Trinajstić information content (AvgIpc) is 3.13. The third-order valence-corrected chi connectivity index (χ3v) is 4.32. The molecular weight excluding hydrogens is 278 g/mol. The molecule has 0 N–H and O–H groups in total. The molecule has 3 heterocycles. The number of rotatable bonds is 4. The standard InChI is InChI=1S/C16H23N5O/c1-13-10-18-20(11-13)8-5-16(22)19-7-3-4-15(12-19)21-9-6-17-14(21)2/h6,9-11,15H,3-5,7-8,12H2,1-2H3. The average molecular weight is 301 g/mol. The molecule has 0 radical (unpaired) electrons. The van der Waals surface area contributed by atoms with Gasteiger partial charge in [-0.2, -0.15) is 5.10 Å². The summed E-state index contributed by atoms with van der Waals surface area (Å²) in [6.07, 6.45) is 10.3. The summed E-state index contributed by atoms with van der Waals surface area (Å²) in [5, 5.41) is 4.23. The fourth-order valence-corrected chi connectivity index (χ4v) is 3.14. The molecule has 1 saturated heterocycles. The molecule has 6 heteroatoms. The van der Waals surface area contributed by atoms with Crippen molar-refractivity contribution in [1.82, 2.24) is 24.2 Å². The SMILES string of the molecule is Cc1cnn(CCC(=O)N2CCCC(n3ccnc3C)C2)c1. The van der Waals surface area contributed by atoms with Crippen molar-refractivity contribution in [2.24, 2.45) is 0 Å². The summed E-state index contributed by atoms with van der Waals surface area (Å²) in [7, 11) is 0. The van der Waals surface area contributed by atoms with Crippen LogP contribution in [-0.4, -0.2) is 43.2 Å². The van der Waals surface area contributed by atoms with Gasteiger partial charge in [-0.15, -0.1) is 0 Å². The molecule has 3 rings (SSSR count). The van der Waals surface area contributed by atoms with Gasteiger partial charge in [-0.25, -0.2) is 4.98 Å². The summed E-state index contributed by atoms with van der Waals surface area (Å²) in [6.45, 7) is 6.32. The lowest BCUT2D eigenvalue weighted by molar-refractivity contribution is -0.133. The van der Waals surface area contributed by atoms with E-state index in [-0.39, 0.29) is 5.91 Å². The van der Waals surface area contributed by atoms with Gasteiger partial charge in [0.2, 0.25) is 5.91 Å². The maximum absolute atomic E-state index is 12.4. The fraction of sp³-hybridized carbons (Fsp3) is 0.562. The van der Waals surface area contributed by atoms with Crippen molar-refractivity contribution in [2.75, 3.05) is 13.1 Å². The van der Waals surface area contributed by atoms with Crippen molar-refractivity contribution >= 4 is 5.91 Å². The lowest BCUT2D eigenvalue weighted by Gasteiger charge is -2.34. The first kappa shape index (κ1) is 14.8. The van der Waals surface area contributed by atoms with Gasteiger partial charge in [0.25, 0.3) is 0 Å². The summed E-state index contributed by atoms with van der Waals surface area (Å²) in [5.41, 5.74) is 1.13. The van der Waals surface area contributed by atoms with Gasteiger partial charge in [0, 0.05) is 44.6 Å². The Labute approximate surface area is 130 Å². The van der Waals surface area contributed by atoms with E-state index in [1.165, 1.54) is 0 Å². The highest BCUT2D eigenvalue weighted by Crippen LogP contribution is 2.23. The second-order valence-corrected chi connectivity index (χ2v) is 6.05. The van der Waals surface area contributed by atoms with Crippen molar-refractivity contribution in [3.63, 3.8) is 0 Å². The summed E-state index contributed by atoms with van der Waals surface area (Å²) < 4.78 is 4.03. The van der Waals surface area contributed by atoms with Gasteiger partial charge in [-0.1, -0.05) is 0 Å². The number of aryl methyl sites for hydroxylation is 3. The monoisotopic (exact) mass is 301 g/mol. The first-order chi connectivity index (χ1) is 10.6. The highest BCUT2D eigenvalue weighted by atomic mass is 16.2. The van der Waals surface area contributed by atoms with E-state index in [4.69, 9.17) is 0 Å². The third kappa shape index (κ3) is 3.21. The van der Waals surface area contributed by atoms with Crippen LogP contribution in [0.2, 0.25) is 0 Å². The summed E-state index contributed by atoms with van der Waals surface area (Å²) >= 11 is 0. The number of carbonyl (C=O) groups excluding carboxylic acids is 1. The molecule has 0 saturated carbocycles. The number of hydrogen-bond acceptors (Lipinski definition) is 3. The number of hydrogen-bond donors (Lipinski definition) is 0. The van der Waals surface area contributed by atoms with E-state index < -0.39 is 0 Å². The van der Waals surface area contributed by atoms with E-state index in [1.807, 2.05) is 48.2 Å². The molecule has 22 heavy (non-hydrogen) atoms. The number of amides is 1. The molecule has 1 unspecified atom stereocenters. The van der Waals surface area contributed by atoms with E-state index in [2.05, 4.69) is 14.6 Å². The van der Waals surface area contributed by atoms with E-state index in [0.717, 1.165) is 37.3 Å². The zero-order valence-corrected chi connectivity index (χ0v) is 13.3. The number of carbonyl (C=O) groups is 1. The quantitative estimate of drug-likeness (QED) is 0.867. The first-order valence-electron chi connectivity index (χ1n) is 7.90. The highest BCUT2D eigenvalue weighted by Gasteiger charge is 2.25. The molecule has 0 aliphatic carbocycles. The summed E-state index contributed by atoms with van der Waals surface area (Å²) in [4.78, 5) is 18.7. The smallest absolute Gasteiger partial charge is 0.224 e. The van der Waals surface area contributed by atoms with Crippen LogP contribution in [0.4, 0.5) is 0 Å². The normalized spacial score (nSPS) is 18.6. The van der Waals surface area contributed by atoms with Crippen LogP contribution in [0.5, 0.6) is 0 Å². The Morgan fingerprint density at radius 1 is 1.41 bits per heavy atom. The molecule has 1 aliphatic heterocycles. The van der Waals surface area contributed by atoms with Crippen LogP contribution in [-0.2, 0) is 11.3 Å². The molecule has 0 aromatic carbocycles. The van der Waals surface area contributed by atoms with Crippen molar-refractivity contribution in [3.05, 3.63) is 36.2 Å². The molecule has 2 aromatic rings. The zero-order valence-electron chi connectivity index (χ0n) is 13.3. The van der Waals surface area contributed by atoms with Crippen LogP contribution >= 0.6 is 0 Å². The summed E-state index contributed by atoms with van der Waals surface area (Å²) in [5.74, 6) is 1.24. The Kier molecular flexibility index (Phi) is 4.27. The number of likely N-dealkylation sites (tertiary alicyclic amines) is 1. The van der Waals surface area contributed by atoms with Gasteiger partial charge in [-0.05, 0) is 32.3 Å². The van der Waals surface area contributed by atoms with Gasteiger partial charge in [0.1, 0.15) is 5.82 Å². The molecule has 6 nitrogen and oxygen atoms in total. The van der Waals surface area contributed by atoms with Gasteiger partial charge in [0.15, 0.2) is 0 Å². The molecular formula is C16H23N5O. The Bertz CT molecular complexity index is 645. The van der Waals surface area contributed by atoms with Crippen molar-refractivity contribution < 1.29 is 4.79 Å². The fourth-order valence-electron chi connectivity index (χ4n) is 3.14. The van der Waals surface area contributed by atoms with Gasteiger partial charge >= 0.3 is 0 Å². The second-order valence-electron chi connectivity index (χ2n) is 6.05. The minimum atomic E-state index is 0.218. The summed E-state index contributed by atoms with van der Waals surface area (Å²) in [6, 6.07) is 0.354. The lowest BCUT2D eigenvalue weighted by atomic mass is 10.0. The van der Waals surface area contributed by atoms with Crippen LogP contribution in [0.15, 0.2) is 24.8 Å². The molecule has 1 fully saturated rings. The first-order valence-corrected chi connectivity index (χ1v) is 7.90. The van der Waals surface area contributed by atoms with Crippen LogP contribution in [0.25, 0.3) is 0 Å². The number of aromatic nitrogens is 4. The molecule has 1 atom stereocenters. The highest BCUT2D eigenvalue weighted by molar-refractivity contribution is 5.76. The predicted octanol–water partition coefficient (Wildman–Crippen LogP) is 1.95. The predicted molar refractivity (Wildman–Crippen MR) is 83.4 cm³/mol. The van der Waals surface area contributed by atoms with E-state index in [1.54, 1.807) is 0 Å². The number of imidazole rings is 1. The Hall–Kier alpha value is -2.11. The molecule has 2 aromatic heterocycles. The van der Waals surface area contributed by atoms with Gasteiger partial charge in [0.05, 0.1) is 12.2 Å². The van der Waals surface area contributed by atoms with Crippen LogP contribution in [0, 0.1) is 13.8 Å². The maximum Gasteiger partial charge on any atom is 0.224 e. The van der Waals surface area contributed by atoms with Gasteiger partial charge in [-0.3, -0.25) is 9.48 Å². The zero-order chi connectivity index (χ0) is 15.5. The van der Waals surface area contributed by atoms with Crippen molar-refractivity contribution in [1.29, 1.82) is 0 Å². The largest absolute Gasteiger partial charge is 0.341 e.